The molecule has 1 N–H and O–H groups in total. The lowest BCUT2D eigenvalue weighted by molar-refractivity contribution is 0.568. The van der Waals surface area contributed by atoms with E-state index in [4.69, 9.17) is 0 Å². The number of rotatable bonds is 6. The van der Waals surface area contributed by atoms with Crippen molar-refractivity contribution >= 4 is 0 Å². The molecule has 0 atom stereocenters. The van der Waals surface area contributed by atoms with Crippen LogP contribution in [0.3, 0.4) is 0 Å². The molecule has 1 heteroatoms. The summed E-state index contributed by atoms with van der Waals surface area (Å²) in [5, 5.41) is 3.38. The molecule has 0 rings (SSSR count). The van der Waals surface area contributed by atoms with Gasteiger partial charge in [-0.25, -0.2) is 0 Å². The summed E-state index contributed by atoms with van der Waals surface area (Å²) in [6, 6.07) is 0.616. The zero-order chi connectivity index (χ0) is 10.7. The molecular formula is C12H27N. The van der Waals surface area contributed by atoms with E-state index in [9.17, 15) is 0 Å². The molecule has 0 spiro atoms. The highest BCUT2D eigenvalue weighted by Crippen LogP contribution is 2.04. The fraction of sp³-hybridized carbons (Fsp3) is 0.833. The van der Waals surface area contributed by atoms with Crippen LogP contribution in [-0.4, -0.2) is 12.6 Å². The van der Waals surface area contributed by atoms with E-state index in [0.29, 0.717) is 6.04 Å². The van der Waals surface area contributed by atoms with Gasteiger partial charge >= 0.3 is 0 Å². The zero-order valence-electron chi connectivity index (χ0n) is 10.1. The Morgan fingerprint density at radius 3 is 2.23 bits per heavy atom. The van der Waals surface area contributed by atoms with E-state index in [1.54, 1.807) is 0 Å². The smallest absolute Gasteiger partial charge is 0.00103 e. The van der Waals surface area contributed by atoms with Gasteiger partial charge in [-0.2, -0.15) is 0 Å². The first-order valence-corrected chi connectivity index (χ1v) is 5.56. The third kappa shape index (κ3) is 14.5. The van der Waals surface area contributed by atoms with Gasteiger partial charge in [0.1, 0.15) is 0 Å². The maximum absolute atomic E-state index is 3.96. The van der Waals surface area contributed by atoms with E-state index in [1.807, 2.05) is 13.8 Å². The molecule has 0 saturated heterocycles. The Hall–Kier alpha value is -0.300. The van der Waals surface area contributed by atoms with Crippen molar-refractivity contribution in [1.82, 2.24) is 5.32 Å². The fourth-order valence-corrected chi connectivity index (χ4v) is 0.906. The summed E-state index contributed by atoms with van der Waals surface area (Å²) in [7, 11) is 0. The van der Waals surface area contributed by atoms with Crippen LogP contribution in [0.25, 0.3) is 0 Å². The molecule has 13 heavy (non-hydrogen) atoms. The second-order valence-corrected chi connectivity index (χ2v) is 3.32. The minimum Gasteiger partial charge on any atom is -0.315 e. The van der Waals surface area contributed by atoms with Crippen LogP contribution in [-0.2, 0) is 0 Å². The van der Waals surface area contributed by atoms with Crippen LogP contribution in [0.1, 0.15) is 53.9 Å². The first-order chi connectivity index (χ1) is 6.16. The highest BCUT2D eigenvalue weighted by atomic mass is 14.9. The summed E-state index contributed by atoms with van der Waals surface area (Å²) >= 11 is 0. The van der Waals surface area contributed by atoms with E-state index < -0.39 is 0 Å². The molecule has 0 aromatic carbocycles. The first kappa shape index (κ1) is 15.2. The number of nitrogens with one attached hydrogen (secondary N) is 1. The highest BCUT2D eigenvalue weighted by Gasteiger charge is 1.93. The molecule has 0 amide bonds. The lowest BCUT2D eigenvalue weighted by Gasteiger charge is -2.07. The van der Waals surface area contributed by atoms with Crippen molar-refractivity contribution in [3.63, 3.8) is 0 Å². The molecule has 0 radical (unpaired) electrons. The maximum atomic E-state index is 3.96. The molecule has 0 unspecified atom stereocenters. The predicted octanol–water partition coefficient (Wildman–Crippen LogP) is 3.76. The summed E-state index contributed by atoms with van der Waals surface area (Å²) in [6.45, 7) is 15.6. The summed E-state index contributed by atoms with van der Waals surface area (Å²) in [5.74, 6) is 0. The molecule has 1 nitrogen and oxygen atoms in total. The predicted molar refractivity (Wildman–Crippen MR) is 63.2 cm³/mol. The second-order valence-electron chi connectivity index (χ2n) is 3.32. The quantitative estimate of drug-likeness (QED) is 0.491. The molecular weight excluding hydrogens is 158 g/mol. The average Bonchev–Trinajstić information content (AvgIpc) is 2.15. The Balaban J connectivity index is 0. The molecule has 0 aromatic rings. The van der Waals surface area contributed by atoms with Crippen molar-refractivity contribution in [3.8, 4) is 0 Å². The minimum absolute atomic E-state index is 0.616. The summed E-state index contributed by atoms with van der Waals surface area (Å²) in [5.41, 5.74) is 1.37. The zero-order valence-corrected chi connectivity index (χ0v) is 10.1. The third-order valence-corrected chi connectivity index (χ3v) is 1.76. The highest BCUT2D eigenvalue weighted by molar-refractivity contribution is 4.91. The van der Waals surface area contributed by atoms with E-state index >= 15 is 0 Å². The van der Waals surface area contributed by atoms with Crippen molar-refractivity contribution in [1.29, 1.82) is 0 Å². The maximum Gasteiger partial charge on any atom is 0.00103 e. The molecule has 0 aromatic heterocycles. The van der Waals surface area contributed by atoms with Gasteiger partial charge in [-0.05, 0) is 25.8 Å². The van der Waals surface area contributed by atoms with E-state index in [2.05, 4.69) is 32.7 Å². The van der Waals surface area contributed by atoms with Gasteiger partial charge in [0.2, 0.25) is 0 Å². The van der Waals surface area contributed by atoms with E-state index in [-0.39, 0.29) is 0 Å². The van der Waals surface area contributed by atoms with Gasteiger partial charge in [-0.15, -0.1) is 0 Å². The van der Waals surface area contributed by atoms with Gasteiger partial charge in [0.15, 0.2) is 0 Å². The van der Waals surface area contributed by atoms with Crippen molar-refractivity contribution in [2.24, 2.45) is 0 Å². The van der Waals surface area contributed by atoms with Crippen LogP contribution in [0.2, 0.25) is 0 Å². The van der Waals surface area contributed by atoms with Crippen molar-refractivity contribution in [2.75, 3.05) is 6.54 Å². The molecule has 0 fully saturated rings. The average molecular weight is 185 g/mol. The Bertz CT molecular complexity index is 106. The molecule has 0 aliphatic heterocycles. The van der Waals surface area contributed by atoms with Crippen LogP contribution in [0.4, 0.5) is 0 Å². The summed E-state index contributed by atoms with van der Waals surface area (Å²) in [4.78, 5) is 0. The Labute approximate surface area is 84.6 Å². The summed E-state index contributed by atoms with van der Waals surface area (Å²) < 4.78 is 0. The molecule has 0 aliphatic rings. The Morgan fingerprint density at radius 1 is 1.31 bits per heavy atom. The number of hydrogen-bond acceptors (Lipinski definition) is 1. The fourth-order valence-electron chi connectivity index (χ4n) is 0.906. The minimum atomic E-state index is 0.616. The standard InChI is InChI=1S/C10H21N.C2H6/c1-5-10(4)7-6-8-11-9(2)3;1-2/h9,11H,4-8H2,1-3H3;1-2H3. The van der Waals surface area contributed by atoms with Gasteiger partial charge < -0.3 is 5.32 Å². The van der Waals surface area contributed by atoms with Crippen LogP contribution in [0.15, 0.2) is 12.2 Å². The SMILES string of the molecule is C=C(CC)CCCNC(C)C.CC. The van der Waals surface area contributed by atoms with Gasteiger partial charge in [-0.3, -0.25) is 0 Å². The molecule has 0 saturated carbocycles. The van der Waals surface area contributed by atoms with Crippen LogP contribution >= 0.6 is 0 Å². The lowest BCUT2D eigenvalue weighted by atomic mass is 10.1. The van der Waals surface area contributed by atoms with Crippen LogP contribution in [0.5, 0.6) is 0 Å². The molecule has 0 aliphatic carbocycles. The number of allylic oxidation sites excluding steroid dienone is 1. The third-order valence-electron chi connectivity index (χ3n) is 1.76. The van der Waals surface area contributed by atoms with Crippen molar-refractivity contribution < 1.29 is 0 Å². The van der Waals surface area contributed by atoms with Gasteiger partial charge in [0, 0.05) is 6.04 Å². The molecule has 0 bridgehead atoms. The van der Waals surface area contributed by atoms with E-state index in [1.165, 1.54) is 18.4 Å². The molecule has 80 valence electrons. The van der Waals surface area contributed by atoms with Gasteiger partial charge in [0.25, 0.3) is 0 Å². The Kier molecular flexibility index (Phi) is 13.7. The second kappa shape index (κ2) is 11.7. The molecule has 0 heterocycles. The van der Waals surface area contributed by atoms with Crippen LogP contribution < -0.4 is 5.32 Å². The van der Waals surface area contributed by atoms with Crippen molar-refractivity contribution in [2.45, 2.75) is 59.9 Å². The van der Waals surface area contributed by atoms with Gasteiger partial charge in [0.05, 0.1) is 0 Å². The Morgan fingerprint density at radius 2 is 1.85 bits per heavy atom. The monoisotopic (exact) mass is 185 g/mol. The van der Waals surface area contributed by atoms with Gasteiger partial charge in [-0.1, -0.05) is 46.8 Å². The summed E-state index contributed by atoms with van der Waals surface area (Å²) in [6.07, 6.45) is 3.53. The first-order valence-electron chi connectivity index (χ1n) is 5.56. The largest absolute Gasteiger partial charge is 0.315 e. The normalized spacial score (nSPS) is 9.38. The number of hydrogen-bond donors (Lipinski definition) is 1. The van der Waals surface area contributed by atoms with E-state index in [0.717, 1.165) is 13.0 Å². The lowest BCUT2D eigenvalue weighted by Crippen LogP contribution is -2.23. The van der Waals surface area contributed by atoms with Crippen molar-refractivity contribution in [3.05, 3.63) is 12.2 Å². The van der Waals surface area contributed by atoms with Crippen LogP contribution in [0, 0.1) is 0 Å². The topological polar surface area (TPSA) is 12.0 Å².